The molecule has 0 amide bonds. The fraction of sp³-hybridized carbons (Fsp3) is 0.500. The molecule has 1 heterocycles. The molecule has 5 heteroatoms. The molecule has 1 unspecified atom stereocenters. The summed E-state index contributed by atoms with van der Waals surface area (Å²) in [5.74, 6) is 0.0100. The van der Waals surface area contributed by atoms with Crippen molar-refractivity contribution in [3.63, 3.8) is 0 Å². The van der Waals surface area contributed by atoms with E-state index in [0.717, 1.165) is 0 Å². The smallest absolute Gasteiger partial charge is 0.243 e. The molecule has 1 atom stereocenters. The van der Waals surface area contributed by atoms with E-state index >= 15 is 0 Å². The van der Waals surface area contributed by atoms with Gasteiger partial charge < -0.3 is 9.47 Å². The van der Waals surface area contributed by atoms with Crippen LogP contribution in [0.25, 0.3) is 0 Å². The van der Waals surface area contributed by atoms with Crippen molar-refractivity contribution in [2.45, 2.75) is 20.0 Å². The number of ether oxygens (including phenoxy) is 2. The van der Waals surface area contributed by atoms with Gasteiger partial charge in [0.2, 0.25) is 11.7 Å². The fourth-order valence-electron chi connectivity index (χ4n) is 1.16. The number of Topliss-reactive ketones (excluding diaryl/α,β-unsaturated/α-hetero) is 1. The lowest BCUT2D eigenvalue weighted by Crippen LogP contribution is -2.22. The van der Waals surface area contributed by atoms with Crippen LogP contribution in [0, 0.1) is 0 Å². The van der Waals surface area contributed by atoms with Crippen LogP contribution in [0.5, 0.6) is 5.88 Å². The molecule has 1 aromatic rings. The van der Waals surface area contributed by atoms with E-state index in [9.17, 15) is 4.79 Å². The second kappa shape index (κ2) is 5.41. The van der Waals surface area contributed by atoms with Gasteiger partial charge in [-0.1, -0.05) is 0 Å². The Bertz CT molecular complexity index is 341. The van der Waals surface area contributed by atoms with Gasteiger partial charge in [-0.15, -0.1) is 0 Å². The van der Waals surface area contributed by atoms with Crippen molar-refractivity contribution in [1.82, 2.24) is 9.97 Å². The maximum Gasteiger partial charge on any atom is 0.243 e. The normalized spacial score (nSPS) is 12.2. The second-order valence-electron chi connectivity index (χ2n) is 2.88. The Kier molecular flexibility index (Phi) is 4.17. The van der Waals surface area contributed by atoms with Gasteiger partial charge in [-0.2, -0.15) is 0 Å². The SMILES string of the molecule is CCOC(C)C(=O)c1nccnc1OC. The van der Waals surface area contributed by atoms with Crippen molar-refractivity contribution in [3.8, 4) is 5.88 Å². The van der Waals surface area contributed by atoms with Gasteiger partial charge in [0.25, 0.3) is 0 Å². The highest BCUT2D eigenvalue weighted by Crippen LogP contribution is 2.13. The Balaban J connectivity index is 2.90. The van der Waals surface area contributed by atoms with E-state index in [1.165, 1.54) is 19.5 Å². The monoisotopic (exact) mass is 210 g/mol. The lowest BCUT2D eigenvalue weighted by molar-refractivity contribution is 0.0512. The highest BCUT2D eigenvalue weighted by molar-refractivity contribution is 5.99. The molecule has 82 valence electrons. The summed E-state index contributed by atoms with van der Waals surface area (Å²) in [7, 11) is 1.45. The van der Waals surface area contributed by atoms with E-state index in [0.29, 0.717) is 6.61 Å². The number of hydrogen-bond acceptors (Lipinski definition) is 5. The van der Waals surface area contributed by atoms with Crippen molar-refractivity contribution >= 4 is 5.78 Å². The molecule has 0 saturated heterocycles. The van der Waals surface area contributed by atoms with Crippen molar-refractivity contribution in [2.75, 3.05) is 13.7 Å². The zero-order chi connectivity index (χ0) is 11.3. The van der Waals surface area contributed by atoms with Crippen molar-refractivity contribution in [2.24, 2.45) is 0 Å². The summed E-state index contributed by atoms with van der Waals surface area (Å²) in [6.45, 7) is 3.99. The molecule has 0 radical (unpaired) electrons. The number of aromatic nitrogens is 2. The van der Waals surface area contributed by atoms with Gasteiger partial charge in [0, 0.05) is 19.0 Å². The third-order valence-electron chi connectivity index (χ3n) is 1.88. The maximum absolute atomic E-state index is 11.8. The van der Waals surface area contributed by atoms with Crippen LogP contribution < -0.4 is 4.74 Å². The molecule has 1 rings (SSSR count). The van der Waals surface area contributed by atoms with Gasteiger partial charge >= 0.3 is 0 Å². The summed E-state index contributed by atoms with van der Waals surface area (Å²) in [5.41, 5.74) is 0.209. The van der Waals surface area contributed by atoms with Crippen molar-refractivity contribution in [1.29, 1.82) is 0 Å². The number of hydrogen-bond donors (Lipinski definition) is 0. The van der Waals surface area contributed by atoms with Crippen LogP contribution in [0.4, 0.5) is 0 Å². The van der Waals surface area contributed by atoms with Crippen LogP contribution in [0.2, 0.25) is 0 Å². The average Bonchev–Trinajstić information content (AvgIpc) is 2.28. The minimum Gasteiger partial charge on any atom is -0.479 e. The molecule has 0 saturated carbocycles. The summed E-state index contributed by atoms with van der Waals surface area (Å²) in [6.07, 6.45) is 2.40. The van der Waals surface area contributed by atoms with Gasteiger partial charge in [-0.3, -0.25) is 4.79 Å². The van der Waals surface area contributed by atoms with E-state index in [1.807, 2.05) is 6.92 Å². The molecule has 0 aliphatic rings. The van der Waals surface area contributed by atoms with Crippen LogP contribution in [0.3, 0.4) is 0 Å². The molecule has 0 fully saturated rings. The van der Waals surface area contributed by atoms with Crippen LogP contribution in [-0.4, -0.2) is 35.6 Å². The number of carbonyl (C=O) groups is 1. The fourth-order valence-corrected chi connectivity index (χ4v) is 1.16. The van der Waals surface area contributed by atoms with Crippen LogP contribution in [0.1, 0.15) is 24.3 Å². The molecule has 5 nitrogen and oxygen atoms in total. The quantitative estimate of drug-likeness (QED) is 0.681. The first kappa shape index (κ1) is 11.6. The van der Waals surface area contributed by atoms with Gasteiger partial charge in [0.1, 0.15) is 6.10 Å². The Hall–Kier alpha value is -1.49. The number of carbonyl (C=O) groups excluding carboxylic acids is 1. The first-order valence-electron chi connectivity index (χ1n) is 4.71. The topological polar surface area (TPSA) is 61.3 Å². The van der Waals surface area contributed by atoms with Crippen LogP contribution >= 0.6 is 0 Å². The summed E-state index contributed by atoms with van der Waals surface area (Å²) in [5, 5.41) is 0. The number of nitrogens with zero attached hydrogens (tertiary/aromatic N) is 2. The predicted molar refractivity (Wildman–Crippen MR) is 54.0 cm³/mol. The molecule has 0 aromatic carbocycles. The molecular weight excluding hydrogens is 196 g/mol. The first-order chi connectivity index (χ1) is 7.20. The Morgan fingerprint density at radius 3 is 2.73 bits per heavy atom. The third-order valence-corrected chi connectivity index (χ3v) is 1.88. The van der Waals surface area contributed by atoms with Crippen LogP contribution in [0.15, 0.2) is 12.4 Å². The van der Waals surface area contributed by atoms with Crippen LogP contribution in [-0.2, 0) is 4.74 Å². The molecule has 0 aliphatic carbocycles. The molecular formula is C10H14N2O3. The van der Waals surface area contributed by atoms with Crippen molar-refractivity contribution < 1.29 is 14.3 Å². The van der Waals surface area contributed by atoms with E-state index in [1.54, 1.807) is 6.92 Å². The van der Waals surface area contributed by atoms with Gasteiger partial charge in [0.05, 0.1) is 7.11 Å². The number of rotatable bonds is 5. The standard InChI is InChI=1S/C10H14N2O3/c1-4-15-7(2)9(13)8-10(14-3)12-6-5-11-8/h5-7H,4H2,1-3H3. The average molecular weight is 210 g/mol. The third kappa shape index (κ3) is 2.73. The van der Waals surface area contributed by atoms with Gasteiger partial charge in [0.15, 0.2) is 5.69 Å². The van der Waals surface area contributed by atoms with E-state index in [4.69, 9.17) is 9.47 Å². The minimum absolute atomic E-state index is 0.209. The molecule has 0 aliphatic heterocycles. The van der Waals surface area contributed by atoms with Gasteiger partial charge in [-0.05, 0) is 13.8 Å². The summed E-state index contributed by atoms with van der Waals surface area (Å²) < 4.78 is 10.1. The predicted octanol–water partition coefficient (Wildman–Crippen LogP) is 1.09. The largest absolute Gasteiger partial charge is 0.479 e. The zero-order valence-electron chi connectivity index (χ0n) is 9.06. The minimum atomic E-state index is -0.527. The summed E-state index contributed by atoms with van der Waals surface area (Å²) in [6, 6.07) is 0. The maximum atomic E-state index is 11.8. The number of ketones is 1. The highest BCUT2D eigenvalue weighted by Gasteiger charge is 2.21. The second-order valence-corrected chi connectivity index (χ2v) is 2.88. The number of methoxy groups -OCH3 is 1. The summed E-state index contributed by atoms with van der Waals surface area (Å²) >= 11 is 0. The molecule has 0 spiro atoms. The van der Waals surface area contributed by atoms with E-state index in [-0.39, 0.29) is 17.4 Å². The first-order valence-corrected chi connectivity index (χ1v) is 4.71. The molecule has 15 heavy (non-hydrogen) atoms. The summed E-state index contributed by atoms with van der Waals surface area (Å²) in [4.78, 5) is 19.6. The Morgan fingerprint density at radius 2 is 2.13 bits per heavy atom. The van der Waals surface area contributed by atoms with Crippen molar-refractivity contribution in [3.05, 3.63) is 18.1 Å². The van der Waals surface area contributed by atoms with E-state index < -0.39 is 6.10 Å². The van der Waals surface area contributed by atoms with Gasteiger partial charge in [-0.25, -0.2) is 9.97 Å². The molecule has 0 N–H and O–H groups in total. The highest BCUT2D eigenvalue weighted by atomic mass is 16.5. The van der Waals surface area contributed by atoms with E-state index in [2.05, 4.69) is 9.97 Å². The molecule has 0 bridgehead atoms. The Labute approximate surface area is 88.4 Å². The zero-order valence-corrected chi connectivity index (χ0v) is 9.06. The Morgan fingerprint density at radius 1 is 1.47 bits per heavy atom. The molecule has 1 aromatic heterocycles. The lowest BCUT2D eigenvalue weighted by Gasteiger charge is -2.10. The lowest BCUT2D eigenvalue weighted by atomic mass is 10.2.